The molecule has 0 aliphatic carbocycles. The molecule has 5 nitrogen and oxygen atoms in total. The van der Waals surface area contributed by atoms with Crippen LogP contribution in [0, 0.1) is 0 Å². The molecule has 0 amide bonds. The van der Waals surface area contributed by atoms with Crippen LogP contribution in [0.5, 0.6) is 17.2 Å². The Morgan fingerprint density at radius 3 is 2.13 bits per heavy atom. The maximum atomic E-state index is 5.64. The number of fused-ring (bicyclic) bond motifs is 4. The van der Waals surface area contributed by atoms with Crippen molar-refractivity contribution in [2.45, 2.75) is 0 Å². The number of rotatable bonds is 4. The third kappa shape index (κ3) is 3.08. The first-order valence-corrected chi connectivity index (χ1v) is 9.26. The molecule has 0 spiro atoms. The van der Waals surface area contributed by atoms with E-state index in [1.807, 2.05) is 18.2 Å². The molecule has 3 heterocycles. The Labute approximate surface area is 179 Å². The highest BCUT2D eigenvalue weighted by Gasteiger charge is 2.16. The van der Waals surface area contributed by atoms with Crippen LogP contribution in [-0.2, 0) is 0 Å². The highest BCUT2D eigenvalue weighted by atomic mass is 35.5. The summed E-state index contributed by atoms with van der Waals surface area (Å²) in [7, 11) is 4.99. The Morgan fingerprint density at radius 1 is 0.767 bits per heavy atom. The molecule has 0 aliphatic rings. The van der Waals surface area contributed by atoms with Crippen LogP contribution in [0.4, 0.5) is 0 Å². The average molecular weight is 422 g/mol. The molecule has 3 aromatic heterocycles. The minimum absolute atomic E-state index is 0. The number of benzene rings is 2. The second-order valence-electron chi connectivity index (χ2n) is 6.87. The van der Waals surface area contributed by atoms with Crippen molar-refractivity contribution in [1.82, 2.24) is 0 Å². The maximum absolute atomic E-state index is 5.64. The van der Waals surface area contributed by atoms with Gasteiger partial charge in [-0.3, -0.25) is 0 Å². The van der Waals surface area contributed by atoms with Gasteiger partial charge >= 0.3 is 0 Å². The Hall–Kier alpha value is -3.44. The van der Waals surface area contributed by atoms with Gasteiger partial charge in [-0.2, -0.15) is 4.40 Å². The summed E-state index contributed by atoms with van der Waals surface area (Å²) in [6.45, 7) is 0. The molecule has 0 fully saturated rings. The summed E-state index contributed by atoms with van der Waals surface area (Å²) in [4.78, 5) is 0. The van der Waals surface area contributed by atoms with Crippen LogP contribution >= 0.6 is 0 Å². The third-order valence-electron chi connectivity index (χ3n) is 5.33. The van der Waals surface area contributed by atoms with Crippen LogP contribution in [-0.4, -0.2) is 21.3 Å². The van der Waals surface area contributed by atoms with Crippen LogP contribution in [0.15, 0.2) is 71.8 Å². The van der Waals surface area contributed by atoms with Gasteiger partial charge in [0.2, 0.25) is 5.52 Å². The summed E-state index contributed by atoms with van der Waals surface area (Å²) in [5, 5.41) is 4.38. The van der Waals surface area contributed by atoms with Crippen molar-refractivity contribution in [3.05, 3.63) is 67.4 Å². The van der Waals surface area contributed by atoms with Gasteiger partial charge in [0.1, 0.15) is 5.75 Å². The molecule has 152 valence electrons. The Kier molecular flexibility index (Phi) is 5.14. The SMILES string of the molecule is COc1cc2cc3c4cc(-c5ccoc5)c(OC)cc4cc[n+]3cc2cc1OC.[Cl-]. The van der Waals surface area contributed by atoms with E-state index in [0.29, 0.717) is 11.5 Å². The van der Waals surface area contributed by atoms with Crippen molar-refractivity contribution < 1.29 is 35.4 Å². The second-order valence-corrected chi connectivity index (χ2v) is 6.87. The monoisotopic (exact) mass is 421 g/mol. The van der Waals surface area contributed by atoms with Crippen LogP contribution in [0.2, 0.25) is 0 Å². The van der Waals surface area contributed by atoms with Gasteiger partial charge in [0.15, 0.2) is 23.9 Å². The molecule has 0 saturated carbocycles. The molecule has 6 heteroatoms. The second kappa shape index (κ2) is 7.76. The van der Waals surface area contributed by atoms with E-state index in [-0.39, 0.29) is 12.4 Å². The summed E-state index contributed by atoms with van der Waals surface area (Å²) in [6, 6.07) is 14.4. The summed E-state index contributed by atoms with van der Waals surface area (Å²) in [6.07, 6.45) is 7.57. The molecule has 5 aromatic rings. The van der Waals surface area contributed by atoms with Crippen LogP contribution < -0.4 is 31.0 Å². The first kappa shape index (κ1) is 19.9. The summed E-state index contributed by atoms with van der Waals surface area (Å²) < 4.78 is 24.0. The fraction of sp³-hybridized carbons (Fsp3) is 0.125. The molecule has 2 aromatic carbocycles. The molecule has 0 N–H and O–H groups in total. The lowest BCUT2D eigenvalue weighted by atomic mass is 10.0. The van der Waals surface area contributed by atoms with E-state index < -0.39 is 0 Å². The highest BCUT2D eigenvalue weighted by Crippen LogP contribution is 2.36. The molecule has 5 rings (SSSR count). The van der Waals surface area contributed by atoms with E-state index in [2.05, 4.69) is 41.1 Å². The van der Waals surface area contributed by atoms with Gasteiger partial charge in [0.25, 0.3) is 0 Å². The van der Waals surface area contributed by atoms with E-state index in [1.165, 1.54) is 0 Å². The van der Waals surface area contributed by atoms with Crippen molar-refractivity contribution in [2.24, 2.45) is 0 Å². The standard InChI is InChI=1S/C24H20NO4.ClH/c1-26-22-9-15-4-6-25-13-18-11-24(28-3)23(27-2)10-17(18)8-21(25)19(15)12-20(22)16-5-7-29-14-16;/h4-14H,1-3H3;1H/q+1;/p-1. The first-order chi connectivity index (χ1) is 14.2. The molecular formula is C24H20ClNO4. The fourth-order valence-corrected chi connectivity index (χ4v) is 3.86. The number of nitrogens with zero attached hydrogens (tertiary/aromatic N) is 1. The lowest BCUT2D eigenvalue weighted by Gasteiger charge is -2.10. The Bertz CT molecular complexity index is 1360. The Balaban J connectivity index is 0.00000218. The van der Waals surface area contributed by atoms with Crippen molar-refractivity contribution in [2.75, 3.05) is 21.3 Å². The predicted molar refractivity (Wildman–Crippen MR) is 112 cm³/mol. The average Bonchev–Trinajstić information content (AvgIpc) is 3.30. The number of methoxy groups -OCH3 is 3. The molecule has 0 atom stereocenters. The molecule has 0 radical (unpaired) electrons. The number of hydrogen-bond acceptors (Lipinski definition) is 4. The van der Waals surface area contributed by atoms with Crippen molar-refractivity contribution >= 4 is 27.1 Å². The van der Waals surface area contributed by atoms with Crippen molar-refractivity contribution in [3.8, 4) is 28.4 Å². The summed E-state index contributed by atoms with van der Waals surface area (Å²) in [5.74, 6) is 2.24. The molecular weight excluding hydrogens is 402 g/mol. The number of pyridine rings is 2. The van der Waals surface area contributed by atoms with Gasteiger partial charge in [-0.15, -0.1) is 0 Å². The third-order valence-corrected chi connectivity index (χ3v) is 5.33. The highest BCUT2D eigenvalue weighted by molar-refractivity contribution is 6.01. The van der Waals surface area contributed by atoms with Gasteiger partial charge in [0, 0.05) is 23.3 Å². The normalized spacial score (nSPS) is 10.9. The first-order valence-electron chi connectivity index (χ1n) is 9.26. The van der Waals surface area contributed by atoms with E-state index in [0.717, 1.165) is 43.9 Å². The van der Waals surface area contributed by atoms with Gasteiger partial charge in [0.05, 0.1) is 44.6 Å². The smallest absolute Gasteiger partial charge is 0.219 e. The van der Waals surface area contributed by atoms with Crippen molar-refractivity contribution in [3.63, 3.8) is 0 Å². The van der Waals surface area contributed by atoms with E-state index in [9.17, 15) is 0 Å². The minimum atomic E-state index is 0. The van der Waals surface area contributed by atoms with Gasteiger partial charge < -0.3 is 31.0 Å². The topological polar surface area (TPSA) is 44.9 Å². The molecule has 0 bridgehead atoms. The van der Waals surface area contributed by atoms with Crippen LogP contribution in [0.3, 0.4) is 0 Å². The number of halogens is 1. The van der Waals surface area contributed by atoms with Crippen LogP contribution in [0.25, 0.3) is 38.2 Å². The molecule has 0 aliphatic heterocycles. The lowest BCUT2D eigenvalue weighted by Crippen LogP contribution is -3.00. The number of aromatic nitrogens is 1. The zero-order valence-electron chi connectivity index (χ0n) is 16.8. The maximum Gasteiger partial charge on any atom is 0.219 e. The largest absolute Gasteiger partial charge is 1.00 e. The van der Waals surface area contributed by atoms with Crippen LogP contribution in [0.1, 0.15) is 0 Å². The zero-order valence-corrected chi connectivity index (χ0v) is 17.6. The molecule has 30 heavy (non-hydrogen) atoms. The quantitative estimate of drug-likeness (QED) is 0.253. The van der Waals surface area contributed by atoms with E-state index >= 15 is 0 Å². The predicted octanol–water partition coefficient (Wildman–Crippen LogP) is 2.02. The van der Waals surface area contributed by atoms with Gasteiger partial charge in [-0.25, -0.2) is 0 Å². The van der Waals surface area contributed by atoms with Gasteiger partial charge in [-0.05, 0) is 41.1 Å². The van der Waals surface area contributed by atoms with Gasteiger partial charge in [-0.1, -0.05) is 0 Å². The molecule has 0 saturated heterocycles. The fourth-order valence-electron chi connectivity index (χ4n) is 3.86. The Morgan fingerprint density at radius 2 is 1.47 bits per heavy atom. The number of ether oxygens (including phenoxy) is 3. The molecule has 0 unspecified atom stereocenters. The van der Waals surface area contributed by atoms with E-state index in [1.54, 1.807) is 33.9 Å². The minimum Gasteiger partial charge on any atom is -1.00 e. The summed E-state index contributed by atoms with van der Waals surface area (Å²) >= 11 is 0. The lowest BCUT2D eigenvalue weighted by molar-refractivity contribution is -0.509. The number of hydrogen-bond donors (Lipinski definition) is 0. The van der Waals surface area contributed by atoms with E-state index in [4.69, 9.17) is 18.6 Å². The van der Waals surface area contributed by atoms with Crippen molar-refractivity contribution in [1.29, 1.82) is 0 Å². The zero-order chi connectivity index (χ0) is 20.0. The number of furan rings is 1. The summed E-state index contributed by atoms with van der Waals surface area (Å²) in [5.41, 5.74) is 3.07.